The molecule has 0 spiro atoms. The molecular formula is C24H23N3O2. The van der Waals surface area contributed by atoms with Crippen LogP contribution in [0.15, 0.2) is 83.4 Å². The van der Waals surface area contributed by atoms with Crippen LogP contribution in [-0.4, -0.2) is 36.6 Å². The third kappa shape index (κ3) is 4.20. The smallest absolute Gasteiger partial charge is 0.251 e. The molecule has 0 aliphatic heterocycles. The Kier molecular flexibility index (Phi) is 5.40. The van der Waals surface area contributed by atoms with Crippen LogP contribution < -0.4 is 5.32 Å². The number of fused-ring (bicyclic) bond motifs is 1. The number of nitrogens with zero attached hydrogens (tertiary/aromatic N) is 2. The van der Waals surface area contributed by atoms with Gasteiger partial charge in [-0.05, 0) is 37.9 Å². The molecule has 1 aromatic heterocycles. The number of carbonyl (C=O) groups excluding carboxylic acids is 1. The van der Waals surface area contributed by atoms with Crippen molar-refractivity contribution >= 4 is 16.8 Å². The van der Waals surface area contributed by atoms with Crippen LogP contribution in [0.25, 0.3) is 22.2 Å². The lowest BCUT2D eigenvalue weighted by Crippen LogP contribution is -2.35. The molecule has 1 unspecified atom stereocenters. The fourth-order valence-corrected chi connectivity index (χ4v) is 3.41. The van der Waals surface area contributed by atoms with Crippen molar-refractivity contribution in [1.82, 2.24) is 15.4 Å². The van der Waals surface area contributed by atoms with Gasteiger partial charge in [0.05, 0.1) is 11.4 Å². The number of aromatic nitrogens is 1. The third-order valence-corrected chi connectivity index (χ3v) is 4.83. The van der Waals surface area contributed by atoms with Crippen molar-refractivity contribution in [3.8, 4) is 11.3 Å². The van der Waals surface area contributed by atoms with Crippen molar-refractivity contribution in [3.63, 3.8) is 0 Å². The zero-order valence-electron chi connectivity index (χ0n) is 16.5. The van der Waals surface area contributed by atoms with Gasteiger partial charge in [0.25, 0.3) is 5.91 Å². The van der Waals surface area contributed by atoms with Crippen LogP contribution in [0.1, 0.15) is 22.0 Å². The number of hydrogen-bond donors (Lipinski definition) is 1. The molecule has 5 heteroatoms. The van der Waals surface area contributed by atoms with Gasteiger partial charge in [0.2, 0.25) is 0 Å². The Labute approximate surface area is 169 Å². The highest BCUT2D eigenvalue weighted by molar-refractivity contribution is 6.01. The minimum atomic E-state index is -0.122. The Morgan fingerprint density at radius 1 is 1.00 bits per heavy atom. The van der Waals surface area contributed by atoms with E-state index in [0.29, 0.717) is 17.9 Å². The predicted molar refractivity (Wildman–Crippen MR) is 115 cm³/mol. The summed E-state index contributed by atoms with van der Waals surface area (Å²) in [6.45, 7) is 0.709. The lowest BCUT2D eigenvalue weighted by atomic mass is 10.0. The molecule has 0 aliphatic rings. The lowest BCUT2D eigenvalue weighted by Gasteiger charge is -2.23. The molecule has 0 saturated carbocycles. The maximum absolute atomic E-state index is 13.0. The van der Waals surface area contributed by atoms with E-state index in [1.54, 1.807) is 6.07 Å². The highest BCUT2D eigenvalue weighted by Gasteiger charge is 2.18. The van der Waals surface area contributed by atoms with E-state index < -0.39 is 0 Å². The van der Waals surface area contributed by atoms with E-state index >= 15 is 0 Å². The molecule has 0 radical (unpaired) electrons. The molecule has 4 rings (SSSR count). The van der Waals surface area contributed by atoms with Crippen LogP contribution in [0, 0.1) is 0 Å². The van der Waals surface area contributed by atoms with Gasteiger partial charge in [0.1, 0.15) is 5.52 Å². The van der Waals surface area contributed by atoms with Crippen LogP contribution >= 0.6 is 0 Å². The van der Waals surface area contributed by atoms with Crippen LogP contribution in [0.3, 0.4) is 0 Å². The number of rotatable bonds is 6. The van der Waals surface area contributed by atoms with Crippen molar-refractivity contribution in [1.29, 1.82) is 0 Å². The van der Waals surface area contributed by atoms with E-state index in [1.807, 2.05) is 86.9 Å². The normalized spacial score (nSPS) is 12.2. The van der Waals surface area contributed by atoms with Crippen molar-refractivity contribution in [3.05, 3.63) is 90.0 Å². The number of amides is 1. The maximum atomic E-state index is 13.0. The monoisotopic (exact) mass is 385 g/mol. The van der Waals surface area contributed by atoms with Gasteiger partial charge in [-0.2, -0.15) is 0 Å². The Morgan fingerprint density at radius 3 is 2.38 bits per heavy atom. The first-order valence-corrected chi connectivity index (χ1v) is 9.57. The summed E-state index contributed by atoms with van der Waals surface area (Å²) in [6, 6.07) is 25.2. The van der Waals surface area contributed by atoms with Crippen molar-refractivity contribution in [2.75, 3.05) is 20.6 Å². The lowest BCUT2D eigenvalue weighted by molar-refractivity contribution is 0.0930. The van der Waals surface area contributed by atoms with E-state index in [9.17, 15) is 4.79 Å². The largest absolute Gasteiger partial charge is 0.355 e. The molecule has 0 aliphatic carbocycles. The number of carbonyl (C=O) groups is 1. The number of hydrogen-bond acceptors (Lipinski definition) is 4. The van der Waals surface area contributed by atoms with Gasteiger partial charge in [0.15, 0.2) is 5.76 Å². The topological polar surface area (TPSA) is 58.4 Å². The van der Waals surface area contributed by atoms with Crippen molar-refractivity contribution in [2.24, 2.45) is 0 Å². The van der Waals surface area contributed by atoms with Crippen LogP contribution in [0.5, 0.6) is 0 Å². The minimum Gasteiger partial charge on any atom is -0.355 e. The predicted octanol–water partition coefficient (Wildman–Crippen LogP) is 4.53. The van der Waals surface area contributed by atoms with Gasteiger partial charge in [-0.3, -0.25) is 4.79 Å². The van der Waals surface area contributed by atoms with E-state index in [1.165, 1.54) is 0 Å². The maximum Gasteiger partial charge on any atom is 0.251 e. The first kappa shape index (κ1) is 18.9. The minimum absolute atomic E-state index is 0.106. The summed E-state index contributed by atoms with van der Waals surface area (Å²) in [5, 5.41) is 8.12. The van der Waals surface area contributed by atoms with E-state index in [0.717, 1.165) is 22.0 Å². The third-order valence-electron chi connectivity index (χ3n) is 4.83. The Balaban J connectivity index is 1.64. The second-order valence-electron chi connectivity index (χ2n) is 7.31. The second kappa shape index (κ2) is 8.29. The van der Waals surface area contributed by atoms with Gasteiger partial charge in [-0.1, -0.05) is 65.8 Å². The van der Waals surface area contributed by atoms with E-state index in [2.05, 4.69) is 15.4 Å². The highest BCUT2D eigenvalue weighted by Crippen LogP contribution is 2.29. The second-order valence-corrected chi connectivity index (χ2v) is 7.31. The summed E-state index contributed by atoms with van der Waals surface area (Å²) in [6.07, 6.45) is 0. The standard InChI is InChI=1S/C24H23N3O2/c1-27(2)16-22(17-9-5-3-6-10-17)25-24(28)19-13-14-21-20(15-19)23(29-26-21)18-11-7-4-8-12-18/h3-15,22H,16H2,1-2H3,(H,25,28). The number of benzene rings is 3. The summed E-state index contributed by atoms with van der Waals surface area (Å²) in [5.74, 6) is 0.547. The summed E-state index contributed by atoms with van der Waals surface area (Å²) < 4.78 is 5.55. The highest BCUT2D eigenvalue weighted by atomic mass is 16.5. The zero-order chi connectivity index (χ0) is 20.2. The van der Waals surface area contributed by atoms with Crippen LogP contribution in [0.2, 0.25) is 0 Å². The van der Waals surface area contributed by atoms with Gasteiger partial charge >= 0.3 is 0 Å². The fraction of sp³-hybridized carbons (Fsp3) is 0.167. The molecule has 0 fully saturated rings. The first-order chi connectivity index (χ1) is 14.1. The molecule has 0 bridgehead atoms. The molecule has 29 heavy (non-hydrogen) atoms. The number of nitrogens with one attached hydrogen (secondary N) is 1. The van der Waals surface area contributed by atoms with E-state index in [4.69, 9.17) is 4.52 Å². The summed E-state index contributed by atoms with van der Waals surface area (Å²) in [4.78, 5) is 15.1. The van der Waals surface area contributed by atoms with Crippen molar-refractivity contribution in [2.45, 2.75) is 6.04 Å². The van der Waals surface area contributed by atoms with E-state index in [-0.39, 0.29) is 11.9 Å². The van der Waals surface area contributed by atoms with Gasteiger partial charge in [0, 0.05) is 17.7 Å². The molecule has 5 nitrogen and oxygen atoms in total. The van der Waals surface area contributed by atoms with Gasteiger partial charge < -0.3 is 14.7 Å². The zero-order valence-corrected chi connectivity index (χ0v) is 16.5. The van der Waals surface area contributed by atoms with Crippen LogP contribution in [0.4, 0.5) is 0 Å². The average molecular weight is 385 g/mol. The first-order valence-electron chi connectivity index (χ1n) is 9.57. The van der Waals surface area contributed by atoms with Gasteiger partial charge in [-0.25, -0.2) is 0 Å². The molecule has 1 heterocycles. The fourth-order valence-electron chi connectivity index (χ4n) is 3.41. The summed E-state index contributed by atoms with van der Waals surface area (Å²) in [7, 11) is 3.99. The average Bonchev–Trinajstić information content (AvgIpc) is 3.17. The number of likely N-dealkylation sites (N-methyl/N-ethyl adjacent to an activating group) is 1. The molecule has 4 aromatic rings. The molecule has 3 aromatic carbocycles. The summed E-state index contributed by atoms with van der Waals surface area (Å²) in [5.41, 5.74) is 3.32. The quantitative estimate of drug-likeness (QED) is 0.530. The Bertz CT molecular complexity index is 1100. The Morgan fingerprint density at radius 2 is 1.69 bits per heavy atom. The molecular weight excluding hydrogens is 362 g/mol. The SMILES string of the molecule is CN(C)CC(NC(=O)c1ccc2noc(-c3ccccc3)c2c1)c1ccccc1. The molecule has 1 amide bonds. The molecule has 146 valence electrons. The van der Waals surface area contributed by atoms with Crippen molar-refractivity contribution < 1.29 is 9.32 Å². The van der Waals surface area contributed by atoms with Crippen LogP contribution in [-0.2, 0) is 0 Å². The van der Waals surface area contributed by atoms with Gasteiger partial charge in [-0.15, -0.1) is 0 Å². The Hall–Kier alpha value is -3.44. The molecule has 1 N–H and O–H groups in total. The summed E-state index contributed by atoms with van der Waals surface area (Å²) >= 11 is 0. The molecule has 0 saturated heterocycles. The molecule has 1 atom stereocenters.